The van der Waals surface area contributed by atoms with Crippen LogP contribution in [-0.2, 0) is 0 Å². The summed E-state index contributed by atoms with van der Waals surface area (Å²) in [6.07, 6.45) is -0.406. The Balaban J connectivity index is 2.58. The van der Waals surface area contributed by atoms with Gasteiger partial charge in [-0.3, -0.25) is 0 Å². The highest BCUT2D eigenvalue weighted by molar-refractivity contribution is 5.44. The highest BCUT2D eigenvalue weighted by Gasteiger charge is 1.92. The van der Waals surface area contributed by atoms with Gasteiger partial charge in [-0.2, -0.15) is 0 Å². The maximum absolute atomic E-state index is 7.57. The molecule has 3 heteroatoms. The average Bonchev–Trinajstić information content (AvgIpc) is 2.44. The molecule has 0 aliphatic rings. The number of hydrogen-bond acceptors (Lipinski definition) is 2. The van der Waals surface area contributed by atoms with Gasteiger partial charge in [0.25, 0.3) is 0 Å². The normalized spacial score (nSPS) is 13.5. The molecule has 2 rings (SSSR count). The summed E-state index contributed by atoms with van der Waals surface area (Å²) < 4.78 is 23.7. The quantitative estimate of drug-likeness (QED) is 0.645. The van der Waals surface area contributed by atoms with Crippen LogP contribution in [0.4, 0.5) is 5.69 Å². The van der Waals surface area contributed by atoms with Crippen molar-refractivity contribution in [3.05, 3.63) is 42.9 Å². The van der Waals surface area contributed by atoms with Gasteiger partial charge < -0.3 is 10.3 Å². The van der Waals surface area contributed by atoms with Crippen LogP contribution in [0.3, 0.4) is 0 Å². The molecule has 0 radical (unpaired) electrons. The van der Waals surface area contributed by atoms with E-state index in [0.29, 0.717) is 11.4 Å². The Kier molecular flexibility index (Phi) is 0.967. The molecular weight excluding hydrogens is 150 g/mol. The number of anilines is 1. The van der Waals surface area contributed by atoms with Gasteiger partial charge in [-0.1, -0.05) is 0 Å². The zero-order chi connectivity index (χ0) is 11.0. The van der Waals surface area contributed by atoms with Crippen molar-refractivity contribution < 1.29 is 4.11 Å². The fourth-order valence-electron chi connectivity index (χ4n) is 0.921. The minimum atomic E-state index is -0.197. The van der Waals surface area contributed by atoms with Crippen molar-refractivity contribution in [2.75, 3.05) is 5.73 Å². The maximum atomic E-state index is 7.57. The van der Waals surface area contributed by atoms with E-state index in [1.165, 1.54) is 4.57 Å². The second-order valence-electron chi connectivity index (χ2n) is 2.36. The zero-order valence-electron chi connectivity index (χ0n) is 9.28. The molecule has 3 nitrogen and oxygen atoms in total. The van der Waals surface area contributed by atoms with E-state index >= 15 is 0 Å². The van der Waals surface area contributed by atoms with E-state index in [9.17, 15) is 0 Å². The summed E-state index contributed by atoms with van der Waals surface area (Å²) >= 11 is 0. The highest BCUT2D eigenvalue weighted by Crippen LogP contribution is 2.09. The minimum absolute atomic E-state index is 0.0928. The number of imidazole rings is 1. The van der Waals surface area contributed by atoms with E-state index < -0.39 is 0 Å². The van der Waals surface area contributed by atoms with Crippen LogP contribution in [0, 0.1) is 0 Å². The van der Waals surface area contributed by atoms with Gasteiger partial charge in [0.1, 0.15) is 1.37 Å². The van der Waals surface area contributed by atoms with Crippen molar-refractivity contribution in [2.24, 2.45) is 0 Å². The van der Waals surface area contributed by atoms with Crippen molar-refractivity contribution in [1.82, 2.24) is 9.55 Å². The second kappa shape index (κ2) is 2.70. The fraction of sp³-hybridized carbons (Fsp3) is 0. The van der Waals surface area contributed by atoms with Crippen LogP contribution in [0.5, 0.6) is 0 Å². The SMILES string of the molecule is [2H]c1nc([2H])n(-c2ccc(N)cc2)c1[2H]. The second-order valence-corrected chi connectivity index (χ2v) is 2.36. The monoisotopic (exact) mass is 162 g/mol. The van der Waals surface area contributed by atoms with E-state index in [-0.39, 0.29) is 18.6 Å². The van der Waals surface area contributed by atoms with Crippen LogP contribution in [0.15, 0.2) is 42.9 Å². The first-order chi connectivity index (χ1) is 7.09. The molecule has 0 unspecified atom stereocenters. The summed E-state index contributed by atoms with van der Waals surface area (Å²) in [5.74, 6) is 0. The Labute approximate surface area is 74.7 Å². The summed E-state index contributed by atoms with van der Waals surface area (Å²) in [5.41, 5.74) is 6.76. The molecule has 2 aromatic rings. The Morgan fingerprint density at radius 2 is 2.08 bits per heavy atom. The summed E-state index contributed by atoms with van der Waals surface area (Å²) in [4.78, 5) is 3.59. The molecule has 1 aromatic heterocycles. The van der Waals surface area contributed by atoms with Gasteiger partial charge in [0, 0.05) is 23.7 Å². The molecule has 1 aromatic carbocycles. The van der Waals surface area contributed by atoms with Crippen molar-refractivity contribution in [2.45, 2.75) is 0 Å². The number of hydrogen-bond donors (Lipinski definition) is 1. The molecular formula is C9H9N3. The summed E-state index contributed by atoms with van der Waals surface area (Å²) in [6.45, 7) is 0. The first-order valence-electron chi connectivity index (χ1n) is 4.98. The van der Waals surface area contributed by atoms with Crippen LogP contribution in [0.2, 0.25) is 0 Å². The standard InChI is InChI=1S/C9H9N3/c10-8-1-3-9(4-2-8)12-6-5-11-7-12/h1-7H,10H2/i5D,6D,7D. The molecule has 0 bridgehead atoms. The molecule has 0 aliphatic heterocycles. The smallest absolute Gasteiger partial charge is 0.105 e. The first-order valence-corrected chi connectivity index (χ1v) is 3.48. The van der Waals surface area contributed by atoms with Crippen molar-refractivity contribution in [1.29, 1.82) is 0 Å². The summed E-state index contributed by atoms with van der Waals surface area (Å²) in [6, 6.07) is 6.73. The van der Waals surface area contributed by atoms with Gasteiger partial charge >= 0.3 is 0 Å². The molecule has 0 aliphatic carbocycles. The minimum Gasteiger partial charge on any atom is -0.399 e. The summed E-state index contributed by atoms with van der Waals surface area (Å²) in [7, 11) is 0. The number of aromatic nitrogens is 2. The topological polar surface area (TPSA) is 43.8 Å². The highest BCUT2D eigenvalue weighted by atomic mass is 15.0. The van der Waals surface area contributed by atoms with Gasteiger partial charge in [0.2, 0.25) is 0 Å². The lowest BCUT2D eigenvalue weighted by atomic mass is 10.3. The van der Waals surface area contributed by atoms with Crippen LogP contribution in [-0.4, -0.2) is 9.55 Å². The van der Waals surface area contributed by atoms with Gasteiger partial charge in [-0.25, -0.2) is 4.98 Å². The molecule has 0 fully saturated rings. The van der Waals surface area contributed by atoms with Crippen LogP contribution < -0.4 is 5.73 Å². The zero-order valence-corrected chi connectivity index (χ0v) is 6.28. The Bertz CT molecular complexity index is 490. The van der Waals surface area contributed by atoms with Gasteiger partial charge in [-0.05, 0) is 24.3 Å². The number of nitrogens with two attached hydrogens (primary N) is 1. The van der Waals surface area contributed by atoms with E-state index in [1.807, 2.05) is 0 Å². The Morgan fingerprint density at radius 3 is 2.67 bits per heavy atom. The first kappa shape index (κ1) is 4.30. The predicted molar refractivity (Wildman–Crippen MR) is 48.0 cm³/mol. The van der Waals surface area contributed by atoms with E-state index in [0.717, 1.165) is 0 Å². The van der Waals surface area contributed by atoms with Gasteiger partial charge in [-0.15, -0.1) is 0 Å². The lowest BCUT2D eigenvalue weighted by Gasteiger charge is -2.00. The van der Waals surface area contributed by atoms with Crippen LogP contribution >= 0.6 is 0 Å². The van der Waals surface area contributed by atoms with Crippen molar-refractivity contribution >= 4 is 5.69 Å². The fourth-order valence-corrected chi connectivity index (χ4v) is 0.921. The van der Waals surface area contributed by atoms with E-state index in [1.54, 1.807) is 24.3 Å². The lowest BCUT2D eigenvalue weighted by molar-refractivity contribution is 1.06. The molecule has 0 amide bonds. The number of benzene rings is 1. The molecule has 0 saturated carbocycles. The molecule has 12 heavy (non-hydrogen) atoms. The number of nitrogen functional groups attached to an aromatic ring is 1. The largest absolute Gasteiger partial charge is 0.399 e. The van der Waals surface area contributed by atoms with Crippen molar-refractivity contribution in [3.8, 4) is 5.69 Å². The lowest BCUT2D eigenvalue weighted by Crippen LogP contribution is -1.90. The van der Waals surface area contributed by atoms with Crippen LogP contribution in [0.1, 0.15) is 4.11 Å². The van der Waals surface area contributed by atoms with Gasteiger partial charge in [0.05, 0.1) is 9.04 Å². The number of nitrogens with zero attached hydrogens (tertiary/aromatic N) is 2. The Hall–Kier alpha value is -1.77. The van der Waals surface area contributed by atoms with E-state index in [4.69, 9.17) is 9.85 Å². The van der Waals surface area contributed by atoms with Crippen molar-refractivity contribution in [3.63, 3.8) is 0 Å². The Morgan fingerprint density at radius 1 is 1.33 bits per heavy atom. The molecule has 0 atom stereocenters. The third-order valence-corrected chi connectivity index (χ3v) is 1.52. The molecule has 2 N–H and O–H groups in total. The predicted octanol–water partition coefficient (Wildman–Crippen LogP) is 1.45. The maximum Gasteiger partial charge on any atom is 0.105 e. The third kappa shape index (κ3) is 1.16. The third-order valence-electron chi connectivity index (χ3n) is 1.52. The summed E-state index contributed by atoms with van der Waals surface area (Å²) in [5, 5.41) is 0. The molecule has 0 saturated heterocycles. The molecule has 60 valence electrons. The molecule has 1 heterocycles. The van der Waals surface area contributed by atoms with Crippen LogP contribution in [0.25, 0.3) is 5.69 Å². The van der Waals surface area contributed by atoms with Gasteiger partial charge in [0.15, 0.2) is 0 Å². The van der Waals surface area contributed by atoms with E-state index in [2.05, 4.69) is 4.98 Å². The molecule has 0 spiro atoms. The number of rotatable bonds is 1. The average molecular weight is 162 g/mol.